The average molecular weight is 577 g/mol. The second-order valence-electron chi connectivity index (χ2n) is 9.85. The van der Waals surface area contributed by atoms with Gasteiger partial charge in [0.1, 0.15) is 48.6 Å². The number of nitrogens with two attached hydrogens (primary N) is 1. The lowest BCUT2D eigenvalue weighted by atomic mass is 9.98. The topological polar surface area (TPSA) is 193 Å². The normalized spacial score (nSPS) is 25.9. The first-order valence-corrected chi connectivity index (χ1v) is 14.7. The Kier molecular flexibility index (Phi) is 8.64. The van der Waals surface area contributed by atoms with Crippen LogP contribution in [-0.2, 0) is 23.4 Å². The van der Waals surface area contributed by atoms with E-state index < -0.39 is 50.9 Å². The van der Waals surface area contributed by atoms with Crippen LogP contribution >= 0.6 is 7.75 Å². The first kappa shape index (κ1) is 28.4. The lowest BCUT2D eigenvalue weighted by molar-refractivity contribution is -0.149. The van der Waals surface area contributed by atoms with Crippen molar-refractivity contribution >= 4 is 30.7 Å². The Morgan fingerprint density at radius 2 is 1.93 bits per heavy atom. The van der Waals surface area contributed by atoms with Crippen molar-refractivity contribution in [1.29, 1.82) is 0 Å². The van der Waals surface area contributed by atoms with Crippen LogP contribution in [0.3, 0.4) is 0 Å². The van der Waals surface area contributed by atoms with E-state index in [4.69, 9.17) is 24.3 Å². The smallest absolute Gasteiger partial charge is 0.459 e. The molecule has 2 aromatic heterocycles. The highest BCUT2D eigenvalue weighted by atomic mass is 31.2. The maximum Gasteiger partial charge on any atom is 0.459 e. The van der Waals surface area contributed by atoms with Gasteiger partial charge in [-0.2, -0.15) is 0 Å². The van der Waals surface area contributed by atoms with Crippen LogP contribution in [-0.4, -0.2) is 72.8 Å². The van der Waals surface area contributed by atoms with Gasteiger partial charge < -0.3 is 29.9 Å². The molecular weight excluding hydrogens is 543 g/mol. The number of hydrogen-bond donors (Lipinski definition) is 4. The van der Waals surface area contributed by atoms with E-state index in [2.05, 4.69) is 20.0 Å². The number of para-hydroxylation sites is 1. The van der Waals surface area contributed by atoms with Crippen molar-refractivity contribution in [1.82, 2.24) is 24.6 Å². The van der Waals surface area contributed by atoms with Crippen LogP contribution in [0.2, 0.25) is 0 Å². The van der Waals surface area contributed by atoms with Gasteiger partial charge in [-0.15, -0.1) is 0 Å². The predicted octanol–water partition coefficient (Wildman–Crippen LogP) is 2.09. The predicted molar refractivity (Wildman–Crippen MR) is 142 cm³/mol. The van der Waals surface area contributed by atoms with Gasteiger partial charge in [-0.25, -0.2) is 24.6 Å². The fraction of sp³-hybridized carbons (Fsp3) is 0.520. The molecule has 6 atom stereocenters. The molecular formula is C25H33N6O8P. The number of rotatable bonds is 10. The summed E-state index contributed by atoms with van der Waals surface area (Å²) in [4.78, 5) is 24.7. The molecule has 5 N–H and O–H groups in total. The Labute approximate surface area is 230 Å². The lowest BCUT2D eigenvalue weighted by Crippen LogP contribution is -2.39. The van der Waals surface area contributed by atoms with E-state index >= 15 is 0 Å². The number of aromatic nitrogens is 4. The number of benzene rings is 1. The van der Waals surface area contributed by atoms with Gasteiger partial charge in [0.25, 0.3) is 0 Å². The number of imidazole rings is 1. The van der Waals surface area contributed by atoms with Gasteiger partial charge in [-0.3, -0.25) is 13.9 Å². The molecule has 40 heavy (non-hydrogen) atoms. The molecule has 0 amide bonds. The van der Waals surface area contributed by atoms with Crippen LogP contribution in [0.15, 0.2) is 43.0 Å². The summed E-state index contributed by atoms with van der Waals surface area (Å²) in [5.41, 5.74) is 6.47. The van der Waals surface area contributed by atoms with Crippen molar-refractivity contribution < 1.29 is 38.1 Å². The number of ether oxygens (including phenoxy) is 2. The maximum atomic E-state index is 13.8. The molecule has 0 radical (unpaired) electrons. The third kappa shape index (κ3) is 6.27. The van der Waals surface area contributed by atoms with Crippen LogP contribution in [0, 0.1) is 0 Å². The third-order valence-electron chi connectivity index (χ3n) is 6.94. The number of nitrogen functional groups attached to an aromatic ring is 1. The molecule has 14 nitrogen and oxygen atoms in total. The molecule has 3 heterocycles. The number of nitrogens with one attached hydrogen (secondary N) is 1. The molecule has 1 saturated carbocycles. The van der Waals surface area contributed by atoms with Crippen molar-refractivity contribution in [2.24, 2.45) is 0 Å². The second kappa shape index (κ2) is 12.2. The van der Waals surface area contributed by atoms with E-state index in [1.165, 1.54) is 24.1 Å². The number of nitrogens with zero attached hydrogens (tertiary/aromatic N) is 4. The standard InChI is InChI=1S/C25H33N6O8P/c1-15(22-20(33)21(34)25(37-22)31-14-29-19-23(26)27-13-28-24(19)31)38-40(35,39-17-10-6-3-7-11-17)30-12-18(32)36-16-8-4-2-5-9-16/h3,6-7,10-11,13-16,20-22,25,33-34H,2,4-5,8-9,12H2,1H3,(H,30,35)(H2,26,27,28)/t15?,20-,21+,22+,25+,40?/m0/s1. The van der Waals surface area contributed by atoms with Crippen LogP contribution in [0.25, 0.3) is 11.2 Å². The minimum atomic E-state index is -4.21. The van der Waals surface area contributed by atoms with Gasteiger partial charge in [-0.05, 0) is 44.7 Å². The Hall–Kier alpha value is -3.13. The van der Waals surface area contributed by atoms with Crippen LogP contribution in [0.1, 0.15) is 45.3 Å². The summed E-state index contributed by atoms with van der Waals surface area (Å²) >= 11 is 0. The zero-order valence-corrected chi connectivity index (χ0v) is 22.8. The molecule has 2 aliphatic rings. The van der Waals surface area contributed by atoms with Crippen LogP contribution in [0.5, 0.6) is 5.75 Å². The molecule has 1 aliphatic carbocycles. The Morgan fingerprint density at radius 1 is 1.18 bits per heavy atom. The average Bonchev–Trinajstić information content (AvgIpc) is 3.50. The lowest BCUT2D eigenvalue weighted by Gasteiger charge is -2.27. The minimum absolute atomic E-state index is 0.150. The Balaban J connectivity index is 1.29. The first-order valence-electron chi connectivity index (χ1n) is 13.2. The van der Waals surface area contributed by atoms with Gasteiger partial charge in [0.2, 0.25) is 0 Å². The number of esters is 1. The van der Waals surface area contributed by atoms with Gasteiger partial charge in [-0.1, -0.05) is 24.6 Å². The minimum Gasteiger partial charge on any atom is -0.461 e. The molecule has 2 fully saturated rings. The summed E-state index contributed by atoms with van der Waals surface area (Å²) in [6.07, 6.45) is 0.993. The Morgan fingerprint density at radius 3 is 2.67 bits per heavy atom. The second-order valence-corrected chi connectivity index (χ2v) is 11.6. The molecule has 1 aliphatic heterocycles. The van der Waals surface area contributed by atoms with E-state index in [0.717, 1.165) is 32.1 Å². The zero-order chi connectivity index (χ0) is 28.3. The van der Waals surface area contributed by atoms with Crippen molar-refractivity contribution in [2.75, 3.05) is 12.3 Å². The van der Waals surface area contributed by atoms with Crippen molar-refractivity contribution in [2.45, 2.75) is 75.8 Å². The number of carbonyl (C=O) groups is 1. The molecule has 0 bridgehead atoms. The fourth-order valence-electron chi connectivity index (χ4n) is 4.92. The van der Waals surface area contributed by atoms with E-state index in [1.54, 1.807) is 30.3 Å². The largest absolute Gasteiger partial charge is 0.461 e. The molecule has 1 saturated heterocycles. The van der Waals surface area contributed by atoms with Crippen molar-refractivity contribution in [3.8, 4) is 5.75 Å². The number of carbonyl (C=O) groups excluding carboxylic acids is 1. The highest BCUT2D eigenvalue weighted by molar-refractivity contribution is 7.52. The molecule has 2 unspecified atom stereocenters. The summed E-state index contributed by atoms with van der Waals surface area (Å²) in [5, 5.41) is 24.2. The molecule has 216 valence electrons. The van der Waals surface area contributed by atoms with Gasteiger partial charge in [0.15, 0.2) is 17.7 Å². The highest BCUT2D eigenvalue weighted by Crippen LogP contribution is 2.47. The first-order chi connectivity index (χ1) is 19.2. The fourth-order valence-corrected chi connectivity index (χ4v) is 6.38. The van der Waals surface area contributed by atoms with Gasteiger partial charge in [0.05, 0.1) is 12.4 Å². The quantitative estimate of drug-likeness (QED) is 0.203. The van der Waals surface area contributed by atoms with Crippen molar-refractivity contribution in [3.63, 3.8) is 0 Å². The number of anilines is 1. The summed E-state index contributed by atoms with van der Waals surface area (Å²) in [6, 6.07) is 8.31. The number of aliphatic hydroxyl groups is 2. The number of aliphatic hydroxyl groups excluding tert-OH is 2. The summed E-state index contributed by atoms with van der Waals surface area (Å²) in [7, 11) is -4.21. The van der Waals surface area contributed by atoms with Crippen molar-refractivity contribution in [3.05, 3.63) is 43.0 Å². The van der Waals surface area contributed by atoms with Crippen LogP contribution in [0.4, 0.5) is 5.82 Å². The van der Waals surface area contributed by atoms with E-state index in [0.29, 0.717) is 11.2 Å². The van der Waals surface area contributed by atoms with Gasteiger partial charge in [0, 0.05) is 0 Å². The number of hydrogen-bond acceptors (Lipinski definition) is 12. The molecule has 1 aromatic carbocycles. The molecule has 0 spiro atoms. The molecule has 5 rings (SSSR count). The highest BCUT2D eigenvalue weighted by Gasteiger charge is 2.49. The number of fused-ring (bicyclic) bond motifs is 1. The molecule has 3 aromatic rings. The summed E-state index contributed by atoms with van der Waals surface area (Å²) < 4.78 is 38.2. The molecule has 15 heteroatoms. The van der Waals surface area contributed by atoms with E-state index in [-0.39, 0.29) is 17.7 Å². The summed E-state index contributed by atoms with van der Waals surface area (Å²) in [5.74, 6) is -0.197. The Bertz CT molecular complexity index is 1350. The zero-order valence-electron chi connectivity index (χ0n) is 21.9. The SMILES string of the molecule is CC(OP(=O)(NCC(=O)OC1CCCCC1)Oc1ccccc1)[C@H]1O[C@@H](n2cnc3c(N)ncnc32)[C@H](O)[C@@H]1O. The maximum absolute atomic E-state index is 13.8. The summed E-state index contributed by atoms with van der Waals surface area (Å²) in [6.45, 7) is 1.09. The van der Waals surface area contributed by atoms with Gasteiger partial charge >= 0.3 is 13.7 Å². The monoisotopic (exact) mass is 576 g/mol. The third-order valence-corrected chi connectivity index (χ3v) is 8.55. The van der Waals surface area contributed by atoms with E-state index in [1.807, 2.05) is 0 Å². The van der Waals surface area contributed by atoms with E-state index in [9.17, 15) is 19.6 Å². The van der Waals surface area contributed by atoms with Crippen LogP contribution < -0.4 is 15.3 Å².